The fourth-order valence-electron chi connectivity index (χ4n) is 4.22. The highest BCUT2D eigenvalue weighted by Crippen LogP contribution is 2.52. The molecule has 0 radical (unpaired) electrons. The molecule has 1 spiro atoms. The average molecular weight is 327 g/mol. The quantitative estimate of drug-likeness (QED) is 0.871. The molecule has 4 nitrogen and oxygen atoms in total. The molecule has 2 aliphatic heterocycles. The first-order chi connectivity index (χ1) is 11.6. The van der Waals surface area contributed by atoms with Crippen LogP contribution in [0.15, 0.2) is 17.1 Å². The van der Waals surface area contributed by atoms with Gasteiger partial charge in [0.05, 0.1) is 17.7 Å². The van der Waals surface area contributed by atoms with E-state index in [0.717, 1.165) is 49.7 Å². The summed E-state index contributed by atoms with van der Waals surface area (Å²) in [6, 6.07) is 4.44. The Morgan fingerprint density at radius 2 is 2.08 bits per heavy atom. The molecule has 2 fully saturated rings. The molecule has 130 valence electrons. The van der Waals surface area contributed by atoms with Crippen molar-refractivity contribution in [1.82, 2.24) is 4.90 Å². The number of benzene rings is 1. The van der Waals surface area contributed by atoms with Crippen molar-refractivity contribution >= 4 is 11.5 Å². The Balaban J connectivity index is 1.50. The van der Waals surface area contributed by atoms with Crippen LogP contribution in [0.4, 0.5) is 5.69 Å². The first-order valence-electron chi connectivity index (χ1n) is 9.49. The van der Waals surface area contributed by atoms with Crippen LogP contribution in [0.1, 0.15) is 50.7 Å². The third-order valence-corrected chi connectivity index (χ3v) is 6.06. The number of likely N-dealkylation sites (tertiary alicyclic amines) is 1. The zero-order chi connectivity index (χ0) is 16.7. The maximum atomic E-state index is 6.27. The molecule has 1 unspecified atom stereocenters. The molecule has 1 aromatic carbocycles. The molecule has 3 aliphatic rings. The van der Waals surface area contributed by atoms with E-state index in [2.05, 4.69) is 35.9 Å². The second kappa shape index (κ2) is 6.07. The number of rotatable bonds is 6. The lowest BCUT2D eigenvalue weighted by molar-refractivity contribution is 0.132. The normalized spacial score (nSPS) is 22.5. The van der Waals surface area contributed by atoms with E-state index in [1.807, 2.05) is 0 Å². The van der Waals surface area contributed by atoms with E-state index < -0.39 is 0 Å². The lowest BCUT2D eigenvalue weighted by Crippen LogP contribution is -2.44. The molecule has 1 aliphatic carbocycles. The number of amidine groups is 1. The largest absolute Gasteiger partial charge is 0.493 e. The van der Waals surface area contributed by atoms with Crippen molar-refractivity contribution in [2.75, 3.05) is 26.2 Å². The van der Waals surface area contributed by atoms with Crippen LogP contribution in [0.2, 0.25) is 0 Å². The molecular weight excluding hydrogens is 298 g/mol. The molecule has 1 saturated heterocycles. The highest BCUT2D eigenvalue weighted by Gasteiger charge is 2.47. The molecular formula is C20H29N3O. The third kappa shape index (κ3) is 2.52. The van der Waals surface area contributed by atoms with Crippen LogP contribution in [0.3, 0.4) is 0 Å². The van der Waals surface area contributed by atoms with Gasteiger partial charge in [0.25, 0.3) is 0 Å². The highest BCUT2D eigenvalue weighted by atomic mass is 16.5. The van der Waals surface area contributed by atoms with Crippen molar-refractivity contribution in [1.29, 1.82) is 0 Å². The number of aryl methyl sites for hydroxylation is 1. The number of hydrogen-bond donors (Lipinski definition) is 1. The Labute approximate surface area is 145 Å². The standard InChI is InChI=1S/C20H29N3O/c1-3-15-10-16-17(22-19(21)20(16)6-4-7-20)11-18(15)24-13-14(2)12-23-8-5-9-23/h10-11,14H,3-9,12-13H2,1-2H3,(H2,21,22). The summed E-state index contributed by atoms with van der Waals surface area (Å²) in [6.07, 6.45) is 5.87. The van der Waals surface area contributed by atoms with E-state index in [1.54, 1.807) is 0 Å². The van der Waals surface area contributed by atoms with Gasteiger partial charge >= 0.3 is 0 Å². The van der Waals surface area contributed by atoms with Crippen molar-refractivity contribution in [3.8, 4) is 5.75 Å². The van der Waals surface area contributed by atoms with Gasteiger partial charge in [-0.25, -0.2) is 4.99 Å². The Morgan fingerprint density at radius 1 is 1.29 bits per heavy atom. The lowest BCUT2D eigenvalue weighted by atomic mass is 9.64. The maximum Gasteiger partial charge on any atom is 0.124 e. The smallest absolute Gasteiger partial charge is 0.124 e. The second-order valence-electron chi connectivity index (χ2n) is 7.83. The minimum atomic E-state index is 0.0442. The van der Waals surface area contributed by atoms with Crippen LogP contribution in [-0.4, -0.2) is 37.0 Å². The average Bonchev–Trinajstić information content (AvgIpc) is 2.78. The molecule has 4 rings (SSSR count). The second-order valence-corrected chi connectivity index (χ2v) is 7.83. The minimum Gasteiger partial charge on any atom is -0.493 e. The number of nitrogens with zero attached hydrogens (tertiary/aromatic N) is 2. The molecule has 1 saturated carbocycles. The van der Waals surface area contributed by atoms with Gasteiger partial charge in [0, 0.05) is 18.5 Å². The van der Waals surface area contributed by atoms with Gasteiger partial charge in [-0.2, -0.15) is 0 Å². The summed E-state index contributed by atoms with van der Waals surface area (Å²) in [5.41, 5.74) is 9.98. The monoisotopic (exact) mass is 327 g/mol. The molecule has 24 heavy (non-hydrogen) atoms. The summed E-state index contributed by atoms with van der Waals surface area (Å²) in [7, 11) is 0. The lowest BCUT2D eigenvalue weighted by Gasteiger charge is -2.39. The molecule has 2 heterocycles. The molecule has 0 aromatic heterocycles. The van der Waals surface area contributed by atoms with Crippen molar-refractivity contribution in [2.45, 2.75) is 51.4 Å². The topological polar surface area (TPSA) is 50.8 Å². The zero-order valence-electron chi connectivity index (χ0n) is 15.0. The molecule has 4 heteroatoms. The predicted octanol–water partition coefficient (Wildman–Crippen LogP) is 3.39. The van der Waals surface area contributed by atoms with E-state index in [0.29, 0.717) is 5.92 Å². The third-order valence-electron chi connectivity index (χ3n) is 6.06. The Kier molecular flexibility index (Phi) is 4.03. The summed E-state index contributed by atoms with van der Waals surface area (Å²) in [4.78, 5) is 7.17. The predicted molar refractivity (Wildman–Crippen MR) is 98.3 cm³/mol. The number of ether oxygens (including phenoxy) is 1. The zero-order valence-corrected chi connectivity index (χ0v) is 15.0. The fourth-order valence-corrected chi connectivity index (χ4v) is 4.22. The van der Waals surface area contributed by atoms with E-state index >= 15 is 0 Å². The fraction of sp³-hybridized carbons (Fsp3) is 0.650. The van der Waals surface area contributed by atoms with Gasteiger partial charge in [0.15, 0.2) is 0 Å². The number of aliphatic imine (C=N–C) groups is 1. The van der Waals surface area contributed by atoms with Crippen LogP contribution in [0.25, 0.3) is 0 Å². The highest BCUT2D eigenvalue weighted by molar-refractivity contribution is 6.00. The van der Waals surface area contributed by atoms with E-state index in [-0.39, 0.29) is 5.41 Å². The summed E-state index contributed by atoms with van der Waals surface area (Å²) in [6.45, 7) is 8.88. The van der Waals surface area contributed by atoms with Gasteiger partial charge in [0.1, 0.15) is 11.6 Å². The van der Waals surface area contributed by atoms with Gasteiger partial charge in [-0.1, -0.05) is 20.3 Å². The van der Waals surface area contributed by atoms with Crippen molar-refractivity contribution in [3.63, 3.8) is 0 Å². The van der Waals surface area contributed by atoms with Crippen molar-refractivity contribution < 1.29 is 4.74 Å². The van der Waals surface area contributed by atoms with E-state index in [9.17, 15) is 0 Å². The molecule has 0 amide bonds. The van der Waals surface area contributed by atoms with Crippen LogP contribution in [0.5, 0.6) is 5.75 Å². The van der Waals surface area contributed by atoms with Crippen molar-refractivity contribution in [2.24, 2.45) is 16.6 Å². The summed E-state index contributed by atoms with van der Waals surface area (Å²) < 4.78 is 6.20. The van der Waals surface area contributed by atoms with Crippen molar-refractivity contribution in [3.05, 3.63) is 23.3 Å². The molecule has 0 bridgehead atoms. The Hall–Kier alpha value is -1.55. The molecule has 2 N–H and O–H groups in total. The first-order valence-corrected chi connectivity index (χ1v) is 9.49. The number of fused-ring (bicyclic) bond motifs is 2. The van der Waals surface area contributed by atoms with Gasteiger partial charge in [-0.15, -0.1) is 0 Å². The van der Waals surface area contributed by atoms with Gasteiger partial charge in [0.2, 0.25) is 0 Å². The molecule has 1 aromatic rings. The van der Waals surface area contributed by atoms with Crippen LogP contribution in [0, 0.1) is 5.92 Å². The van der Waals surface area contributed by atoms with E-state index in [4.69, 9.17) is 10.5 Å². The SMILES string of the molecule is CCc1cc2c(cc1OCC(C)CN1CCC1)N=C(N)C21CCC1. The van der Waals surface area contributed by atoms with Gasteiger partial charge < -0.3 is 15.4 Å². The van der Waals surface area contributed by atoms with Crippen LogP contribution < -0.4 is 10.5 Å². The summed E-state index contributed by atoms with van der Waals surface area (Å²) in [5.74, 6) is 2.36. The number of nitrogens with two attached hydrogens (primary N) is 1. The van der Waals surface area contributed by atoms with Crippen LogP contribution in [-0.2, 0) is 11.8 Å². The Bertz CT molecular complexity index is 659. The summed E-state index contributed by atoms with van der Waals surface area (Å²) in [5, 5.41) is 0. The summed E-state index contributed by atoms with van der Waals surface area (Å²) >= 11 is 0. The number of hydrogen-bond acceptors (Lipinski definition) is 4. The molecule has 1 atom stereocenters. The Morgan fingerprint density at radius 3 is 2.67 bits per heavy atom. The van der Waals surface area contributed by atoms with Crippen LogP contribution >= 0.6 is 0 Å². The maximum absolute atomic E-state index is 6.27. The van der Waals surface area contributed by atoms with Gasteiger partial charge in [-0.05, 0) is 56.0 Å². The van der Waals surface area contributed by atoms with Gasteiger partial charge in [-0.3, -0.25) is 0 Å². The van der Waals surface area contributed by atoms with E-state index in [1.165, 1.54) is 37.1 Å². The minimum absolute atomic E-state index is 0.0442. The first kappa shape index (κ1) is 15.9.